The zero-order valence-corrected chi connectivity index (χ0v) is 11.0. The van der Waals surface area contributed by atoms with Crippen LogP contribution < -0.4 is 11.1 Å². The van der Waals surface area contributed by atoms with Gasteiger partial charge in [0.1, 0.15) is 5.69 Å². The second kappa shape index (κ2) is 5.70. The van der Waals surface area contributed by atoms with Gasteiger partial charge in [-0.15, -0.1) is 0 Å². The summed E-state index contributed by atoms with van der Waals surface area (Å²) in [6, 6.07) is 0.141. The lowest BCUT2D eigenvalue weighted by Crippen LogP contribution is -2.35. The van der Waals surface area contributed by atoms with Gasteiger partial charge in [0.15, 0.2) is 0 Å². The van der Waals surface area contributed by atoms with Crippen LogP contribution in [0.25, 0.3) is 0 Å². The van der Waals surface area contributed by atoms with Crippen molar-refractivity contribution in [2.45, 2.75) is 46.7 Å². The number of hydrogen-bond donors (Lipinski definition) is 2. The predicted octanol–water partition coefficient (Wildman–Crippen LogP) is 1.65. The lowest BCUT2D eigenvalue weighted by atomic mass is 10.1. The van der Waals surface area contributed by atoms with Crippen molar-refractivity contribution in [2.24, 2.45) is 5.92 Å². The van der Waals surface area contributed by atoms with Gasteiger partial charge in [0, 0.05) is 12.6 Å². The van der Waals surface area contributed by atoms with Crippen LogP contribution in [0.3, 0.4) is 0 Å². The maximum atomic E-state index is 12.0. The van der Waals surface area contributed by atoms with Gasteiger partial charge in [-0.25, -0.2) is 0 Å². The number of amides is 1. The molecule has 5 heteroatoms. The summed E-state index contributed by atoms with van der Waals surface area (Å²) >= 11 is 0. The molecular formula is C12H22N4O. The van der Waals surface area contributed by atoms with E-state index in [9.17, 15) is 4.79 Å². The number of nitrogens with two attached hydrogens (primary N) is 1. The third kappa shape index (κ3) is 3.47. The van der Waals surface area contributed by atoms with Crippen LogP contribution in [0.4, 0.5) is 5.69 Å². The Balaban J connectivity index is 2.72. The number of nitrogens with one attached hydrogen (secondary N) is 1. The number of hydrogen-bond acceptors (Lipinski definition) is 3. The molecule has 0 aliphatic rings. The van der Waals surface area contributed by atoms with Crippen LogP contribution in [0.1, 0.15) is 44.6 Å². The van der Waals surface area contributed by atoms with E-state index in [0.29, 0.717) is 23.8 Å². The molecular weight excluding hydrogens is 216 g/mol. The number of carbonyl (C=O) groups is 1. The molecule has 0 saturated heterocycles. The maximum Gasteiger partial charge on any atom is 0.271 e. The molecule has 0 aliphatic carbocycles. The largest absolute Gasteiger partial charge is 0.396 e. The first-order valence-corrected chi connectivity index (χ1v) is 6.07. The second-order valence-electron chi connectivity index (χ2n) is 4.77. The highest BCUT2D eigenvalue weighted by Gasteiger charge is 2.18. The third-order valence-corrected chi connectivity index (χ3v) is 2.58. The van der Waals surface area contributed by atoms with Crippen LogP contribution in [0.2, 0.25) is 0 Å². The summed E-state index contributed by atoms with van der Waals surface area (Å²) in [6.07, 6.45) is 2.47. The van der Waals surface area contributed by atoms with Crippen LogP contribution in [-0.4, -0.2) is 21.7 Å². The zero-order chi connectivity index (χ0) is 13.0. The molecule has 0 saturated carbocycles. The van der Waals surface area contributed by atoms with Gasteiger partial charge in [-0.2, -0.15) is 5.10 Å². The fraction of sp³-hybridized carbons (Fsp3) is 0.667. The molecule has 3 N–H and O–H groups in total. The normalized spacial score (nSPS) is 12.8. The van der Waals surface area contributed by atoms with E-state index < -0.39 is 0 Å². The van der Waals surface area contributed by atoms with E-state index in [1.54, 1.807) is 4.68 Å². The Morgan fingerprint density at radius 2 is 2.18 bits per heavy atom. The average Bonchev–Trinajstić information content (AvgIpc) is 2.57. The highest BCUT2D eigenvalue weighted by molar-refractivity contribution is 5.97. The fourth-order valence-corrected chi connectivity index (χ4v) is 1.95. The van der Waals surface area contributed by atoms with Crippen LogP contribution >= 0.6 is 0 Å². The molecule has 1 atom stereocenters. The minimum Gasteiger partial charge on any atom is -0.396 e. The van der Waals surface area contributed by atoms with Crippen LogP contribution in [0.5, 0.6) is 0 Å². The van der Waals surface area contributed by atoms with Gasteiger partial charge in [0.05, 0.1) is 11.9 Å². The number of aromatic nitrogens is 2. The molecule has 96 valence electrons. The molecule has 1 rings (SSSR count). The van der Waals surface area contributed by atoms with E-state index in [1.165, 1.54) is 6.20 Å². The van der Waals surface area contributed by atoms with E-state index in [-0.39, 0.29) is 11.9 Å². The van der Waals surface area contributed by atoms with E-state index >= 15 is 0 Å². The van der Waals surface area contributed by atoms with Crippen molar-refractivity contribution in [3.63, 3.8) is 0 Å². The molecule has 0 fully saturated rings. The van der Waals surface area contributed by atoms with Gasteiger partial charge < -0.3 is 11.1 Å². The molecule has 17 heavy (non-hydrogen) atoms. The molecule has 1 amide bonds. The van der Waals surface area contributed by atoms with E-state index in [1.807, 2.05) is 13.8 Å². The summed E-state index contributed by atoms with van der Waals surface area (Å²) in [5.74, 6) is 0.411. The zero-order valence-electron chi connectivity index (χ0n) is 11.0. The van der Waals surface area contributed by atoms with Gasteiger partial charge in [0.25, 0.3) is 5.91 Å². The predicted molar refractivity (Wildman–Crippen MR) is 68.7 cm³/mol. The van der Waals surface area contributed by atoms with E-state index in [4.69, 9.17) is 5.73 Å². The lowest BCUT2D eigenvalue weighted by Gasteiger charge is -2.16. The summed E-state index contributed by atoms with van der Waals surface area (Å²) in [4.78, 5) is 12.0. The van der Waals surface area contributed by atoms with E-state index in [2.05, 4.69) is 24.3 Å². The molecule has 0 spiro atoms. The first kappa shape index (κ1) is 13.5. The molecule has 0 radical (unpaired) electrons. The third-order valence-electron chi connectivity index (χ3n) is 2.58. The van der Waals surface area contributed by atoms with Gasteiger partial charge in [0.2, 0.25) is 0 Å². The molecule has 1 unspecified atom stereocenters. The van der Waals surface area contributed by atoms with Gasteiger partial charge >= 0.3 is 0 Å². The molecule has 1 aromatic heterocycles. The number of nitrogen functional groups attached to an aromatic ring is 1. The highest BCUT2D eigenvalue weighted by Crippen LogP contribution is 2.12. The second-order valence-corrected chi connectivity index (χ2v) is 4.77. The summed E-state index contributed by atoms with van der Waals surface area (Å²) in [6.45, 7) is 8.83. The summed E-state index contributed by atoms with van der Waals surface area (Å²) < 4.78 is 1.62. The number of nitrogens with zero attached hydrogens (tertiary/aromatic N) is 2. The summed E-state index contributed by atoms with van der Waals surface area (Å²) in [5, 5.41) is 7.00. The number of carbonyl (C=O) groups excluding carboxylic acids is 1. The van der Waals surface area contributed by atoms with Crippen molar-refractivity contribution in [1.29, 1.82) is 0 Å². The van der Waals surface area contributed by atoms with Crippen LogP contribution in [0, 0.1) is 5.92 Å². The lowest BCUT2D eigenvalue weighted by molar-refractivity contribution is 0.0926. The quantitative estimate of drug-likeness (QED) is 0.819. The smallest absolute Gasteiger partial charge is 0.271 e. The fourth-order valence-electron chi connectivity index (χ4n) is 1.95. The minimum atomic E-state index is -0.144. The molecule has 1 heterocycles. The number of aryl methyl sites for hydroxylation is 1. The topological polar surface area (TPSA) is 72.9 Å². The first-order valence-electron chi connectivity index (χ1n) is 6.07. The molecule has 0 bridgehead atoms. The van der Waals surface area contributed by atoms with Crippen molar-refractivity contribution in [3.05, 3.63) is 11.9 Å². The Bertz CT molecular complexity index is 384. The van der Waals surface area contributed by atoms with Crippen LogP contribution in [0.15, 0.2) is 6.20 Å². The Labute approximate surface area is 102 Å². The first-order chi connectivity index (χ1) is 7.95. The average molecular weight is 238 g/mol. The summed E-state index contributed by atoms with van der Waals surface area (Å²) in [7, 11) is 0. The van der Waals surface area contributed by atoms with Crippen molar-refractivity contribution >= 4 is 11.6 Å². The Hall–Kier alpha value is -1.52. The SMILES string of the molecule is CCn1ncc(N)c1C(=O)NC(C)CC(C)C. The monoisotopic (exact) mass is 238 g/mol. The Kier molecular flexibility index (Phi) is 4.54. The minimum absolute atomic E-state index is 0.141. The maximum absolute atomic E-state index is 12.0. The van der Waals surface area contributed by atoms with Gasteiger partial charge in [-0.1, -0.05) is 13.8 Å². The summed E-state index contributed by atoms with van der Waals surface area (Å²) in [5.41, 5.74) is 6.64. The van der Waals surface area contributed by atoms with E-state index in [0.717, 1.165) is 6.42 Å². The molecule has 0 aromatic carbocycles. The molecule has 0 aliphatic heterocycles. The van der Waals surface area contributed by atoms with Gasteiger partial charge in [-0.05, 0) is 26.2 Å². The molecule has 5 nitrogen and oxygen atoms in total. The highest BCUT2D eigenvalue weighted by atomic mass is 16.2. The molecule has 1 aromatic rings. The van der Waals surface area contributed by atoms with Crippen LogP contribution in [-0.2, 0) is 6.54 Å². The van der Waals surface area contributed by atoms with Crippen molar-refractivity contribution < 1.29 is 4.79 Å². The van der Waals surface area contributed by atoms with Crippen molar-refractivity contribution in [3.8, 4) is 0 Å². The number of anilines is 1. The van der Waals surface area contributed by atoms with Crippen molar-refractivity contribution in [2.75, 3.05) is 5.73 Å². The Morgan fingerprint density at radius 1 is 1.53 bits per heavy atom. The number of rotatable bonds is 5. The van der Waals surface area contributed by atoms with Crippen molar-refractivity contribution in [1.82, 2.24) is 15.1 Å². The van der Waals surface area contributed by atoms with Gasteiger partial charge in [-0.3, -0.25) is 9.48 Å². The Morgan fingerprint density at radius 3 is 2.71 bits per heavy atom. The standard InChI is InChI=1S/C12H22N4O/c1-5-16-11(10(13)7-14-16)12(17)15-9(4)6-8(2)3/h7-9H,5-6,13H2,1-4H3,(H,15,17).